The molecule has 2 amide bonds. The second kappa shape index (κ2) is 10.1. The molecule has 0 spiro atoms. The molecule has 1 saturated heterocycles. The van der Waals surface area contributed by atoms with Gasteiger partial charge >= 0.3 is 5.97 Å². The number of ether oxygens (including phenoxy) is 2. The van der Waals surface area contributed by atoms with Gasteiger partial charge in [-0.3, -0.25) is 14.9 Å². The van der Waals surface area contributed by atoms with Crippen LogP contribution in [-0.2, 0) is 22.4 Å². The number of anilines is 1. The summed E-state index contributed by atoms with van der Waals surface area (Å²) in [6, 6.07) is 13.4. The summed E-state index contributed by atoms with van der Waals surface area (Å²) < 4.78 is 11.0. The maximum Gasteiger partial charge on any atom is 0.338 e. The van der Waals surface area contributed by atoms with Gasteiger partial charge in [0.15, 0.2) is 0 Å². The molecule has 168 valence electrons. The molecule has 1 fully saturated rings. The minimum absolute atomic E-state index is 0.224. The lowest BCUT2D eigenvalue weighted by Gasteiger charge is -2.20. The van der Waals surface area contributed by atoms with Gasteiger partial charge in [0, 0.05) is 18.8 Å². The first-order valence-electron chi connectivity index (χ1n) is 10.8. The van der Waals surface area contributed by atoms with Crippen LogP contribution in [0.4, 0.5) is 10.5 Å². The molecule has 0 aliphatic carbocycles. The number of benzene rings is 2. The highest BCUT2D eigenvalue weighted by atomic mass is 32.2. The maximum atomic E-state index is 12.0. The van der Waals surface area contributed by atoms with Crippen molar-refractivity contribution in [2.45, 2.75) is 31.4 Å². The van der Waals surface area contributed by atoms with Crippen molar-refractivity contribution in [2.24, 2.45) is 0 Å². The second-order valence-corrected chi connectivity index (χ2v) is 8.91. The predicted molar refractivity (Wildman–Crippen MR) is 123 cm³/mol. The molecule has 0 aromatic heterocycles. The van der Waals surface area contributed by atoms with Gasteiger partial charge in [0.25, 0.3) is 5.24 Å². The second-order valence-electron chi connectivity index (χ2n) is 7.73. The number of imide groups is 1. The van der Waals surface area contributed by atoms with Crippen LogP contribution in [-0.4, -0.2) is 48.7 Å². The summed E-state index contributed by atoms with van der Waals surface area (Å²) in [6.45, 7) is 4.54. The maximum absolute atomic E-state index is 12.0. The van der Waals surface area contributed by atoms with Gasteiger partial charge in [-0.25, -0.2) is 4.79 Å². The molecule has 32 heavy (non-hydrogen) atoms. The summed E-state index contributed by atoms with van der Waals surface area (Å²) in [5, 5.41) is 1.67. The van der Waals surface area contributed by atoms with Crippen molar-refractivity contribution >= 4 is 34.6 Å². The molecule has 7 nitrogen and oxygen atoms in total. The molecule has 0 radical (unpaired) electrons. The van der Waals surface area contributed by atoms with Gasteiger partial charge in [0.2, 0.25) is 5.91 Å². The van der Waals surface area contributed by atoms with Crippen molar-refractivity contribution in [2.75, 3.05) is 31.2 Å². The zero-order valence-electron chi connectivity index (χ0n) is 18.0. The number of amides is 2. The zero-order valence-corrected chi connectivity index (χ0v) is 18.8. The standard InChI is InChI=1S/C24H26N2O5S/c1-2-30-23(28)18-7-6-17-10-12-26(20(17)15-18)11-3-13-31-19-8-4-16(5-9-19)14-21-22(27)25-24(29)32-21/h4-9,15,21H,2-3,10-14H2,1H3,(H,25,27,29). The molecule has 0 saturated carbocycles. The number of nitrogens with zero attached hydrogens (tertiary/aromatic N) is 1. The number of hydrogen-bond acceptors (Lipinski definition) is 7. The highest BCUT2D eigenvalue weighted by Crippen LogP contribution is 2.29. The number of rotatable bonds is 9. The van der Waals surface area contributed by atoms with E-state index in [9.17, 15) is 14.4 Å². The molecule has 1 unspecified atom stereocenters. The fourth-order valence-electron chi connectivity index (χ4n) is 3.93. The van der Waals surface area contributed by atoms with E-state index in [1.807, 2.05) is 42.5 Å². The Morgan fingerprint density at radius 3 is 2.72 bits per heavy atom. The van der Waals surface area contributed by atoms with Crippen LogP contribution in [0.3, 0.4) is 0 Å². The number of esters is 1. The monoisotopic (exact) mass is 454 g/mol. The normalized spacial score (nSPS) is 17.3. The average molecular weight is 455 g/mol. The molecule has 8 heteroatoms. The smallest absolute Gasteiger partial charge is 0.338 e. The minimum atomic E-state index is -0.359. The number of carbonyl (C=O) groups is 3. The quantitative estimate of drug-likeness (QED) is 0.458. The third-order valence-electron chi connectivity index (χ3n) is 5.54. The molecule has 4 rings (SSSR count). The van der Waals surface area contributed by atoms with E-state index in [0.29, 0.717) is 25.2 Å². The minimum Gasteiger partial charge on any atom is -0.494 e. The summed E-state index contributed by atoms with van der Waals surface area (Å²) in [4.78, 5) is 37.3. The number of thioether (sulfide) groups is 1. The van der Waals surface area contributed by atoms with E-state index in [1.54, 1.807) is 6.92 Å². The van der Waals surface area contributed by atoms with E-state index in [1.165, 1.54) is 5.56 Å². The first-order valence-corrected chi connectivity index (χ1v) is 11.7. The Morgan fingerprint density at radius 2 is 2.00 bits per heavy atom. The molecule has 2 aromatic rings. The Balaban J connectivity index is 1.24. The average Bonchev–Trinajstić information content (AvgIpc) is 3.34. The SMILES string of the molecule is CCOC(=O)c1ccc2c(c1)N(CCCOc1ccc(CC3SC(=O)NC3=O)cc1)CC2. The van der Waals surface area contributed by atoms with Crippen LogP contribution in [0, 0.1) is 0 Å². The van der Waals surface area contributed by atoms with E-state index in [-0.39, 0.29) is 22.4 Å². The third-order valence-corrected chi connectivity index (χ3v) is 6.52. The Hall–Kier alpha value is -3.00. The molecule has 1 atom stereocenters. The summed E-state index contributed by atoms with van der Waals surface area (Å²) in [6.07, 6.45) is 2.35. The van der Waals surface area contributed by atoms with E-state index in [2.05, 4.69) is 10.2 Å². The lowest BCUT2D eigenvalue weighted by Crippen LogP contribution is -2.25. The molecular weight excluding hydrogens is 428 g/mol. The van der Waals surface area contributed by atoms with Gasteiger partial charge < -0.3 is 14.4 Å². The third kappa shape index (κ3) is 5.24. The van der Waals surface area contributed by atoms with E-state index >= 15 is 0 Å². The highest BCUT2D eigenvalue weighted by Gasteiger charge is 2.31. The van der Waals surface area contributed by atoms with Crippen LogP contribution in [0.2, 0.25) is 0 Å². The predicted octanol–water partition coefficient (Wildman–Crippen LogP) is 3.59. The lowest BCUT2D eigenvalue weighted by atomic mass is 10.1. The first-order chi connectivity index (χ1) is 15.5. The van der Waals surface area contributed by atoms with Gasteiger partial charge in [-0.15, -0.1) is 0 Å². The summed E-state index contributed by atoms with van der Waals surface area (Å²) in [5.74, 6) is 0.269. The fourth-order valence-corrected chi connectivity index (χ4v) is 4.79. The van der Waals surface area contributed by atoms with Gasteiger partial charge in [-0.05, 0) is 61.6 Å². The number of hydrogen-bond donors (Lipinski definition) is 1. The van der Waals surface area contributed by atoms with Crippen molar-refractivity contribution < 1.29 is 23.9 Å². The van der Waals surface area contributed by atoms with Crippen LogP contribution in [0.5, 0.6) is 5.75 Å². The Bertz CT molecular complexity index is 1010. The van der Waals surface area contributed by atoms with Crippen molar-refractivity contribution in [1.29, 1.82) is 0 Å². The lowest BCUT2D eigenvalue weighted by molar-refractivity contribution is -0.118. The Kier molecular flexibility index (Phi) is 6.99. The van der Waals surface area contributed by atoms with Crippen molar-refractivity contribution in [3.05, 3.63) is 59.2 Å². The van der Waals surface area contributed by atoms with Gasteiger partial charge in [-0.1, -0.05) is 30.0 Å². The van der Waals surface area contributed by atoms with Crippen LogP contribution >= 0.6 is 11.8 Å². The summed E-state index contributed by atoms with van der Waals surface area (Å²) >= 11 is 1.04. The fraction of sp³-hybridized carbons (Fsp3) is 0.375. The molecule has 1 N–H and O–H groups in total. The number of nitrogens with one attached hydrogen (secondary N) is 1. The van der Waals surface area contributed by atoms with Gasteiger partial charge in [-0.2, -0.15) is 0 Å². The summed E-state index contributed by atoms with van der Waals surface area (Å²) in [7, 11) is 0. The van der Waals surface area contributed by atoms with E-state index in [4.69, 9.17) is 9.47 Å². The molecule has 0 bridgehead atoms. The summed E-state index contributed by atoms with van der Waals surface area (Å²) in [5.41, 5.74) is 3.94. The molecule has 2 aliphatic heterocycles. The first kappa shape index (κ1) is 22.2. The van der Waals surface area contributed by atoms with E-state index in [0.717, 1.165) is 54.7 Å². The molecule has 2 aromatic carbocycles. The Labute approximate surface area is 191 Å². The van der Waals surface area contributed by atoms with Crippen molar-refractivity contribution in [3.63, 3.8) is 0 Å². The molecule has 2 aliphatic rings. The van der Waals surface area contributed by atoms with Gasteiger partial charge in [0.1, 0.15) is 5.75 Å². The Morgan fingerprint density at radius 1 is 1.19 bits per heavy atom. The largest absolute Gasteiger partial charge is 0.494 e. The number of fused-ring (bicyclic) bond motifs is 1. The van der Waals surface area contributed by atoms with Gasteiger partial charge in [0.05, 0.1) is 24.0 Å². The number of carbonyl (C=O) groups excluding carboxylic acids is 3. The van der Waals surface area contributed by atoms with E-state index < -0.39 is 0 Å². The molecule has 2 heterocycles. The van der Waals surface area contributed by atoms with Crippen LogP contribution in [0.1, 0.15) is 34.8 Å². The zero-order chi connectivity index (χ0) is 22.5. The van der Waals surface area contributed by atoms with Crippen LogP contribution in [0.25, 0.3) is 0 Å². The molecular formula is C24H26N2O5S. The van der Waals surface area contributed by atoms with Crippen LogP contribution in [0.15, 0.2) is 42.5 Å². The van der Waals surface area contributed by atoms with Crippen LogP contribution < -0.4 is 15.0 Å². The van der Waals surface area contributed by atoms with Crippen molar-refractivity contribution in [1.82, 2.24) is 5.32 Å². The highest BCUT2D eigenvalue weighted by molar-refractivity contribution is 8.15. The topological polar surface area (TPSA) is 84.9 Å². The van der Waals surface area contributed by atoms with Crippen molar-refractivity contribution in [3.8, 4) is 5.75 Å².